The van der Waals surface area contributed by atoms with E-state index in [0.29, 0.717) is 25.2 Å². The number of carbonyl (C=O) groups excluding carboxylic acids is 2. The van der Waals surface area contributed by atoms with Crippen LogP contribution in [0.2, 0.25) is 0 Å². The van der Waals surface area contributed by atoms with Gasteiger partial charge in [-0.3, -0.25) is 14.4 Å². The molecule has 7 atom stereocenters. The van der Waals surface area contributed by atoms with Gasteiger partial charge < -0.3 is 10.2 Å². The Bertz CT molecular complexity index is 769. The second kappa shape index (κ2) is 6.25. The van der Waals surface area contributed by atoms with E-state index < -0.39 is 17.0 Å². The van der Waals surface area contributed by atoms with E-state index in [1.165, 1.54) is 6.92 Å². The topological polar surface area (TPSA) is 91.7 Å². The van der Waals surface area contributed by atoms with Crippen molar-refractivity contribution in [3.05, 3.63) is 11.6 Å². The molecule has 28 heavy (non-hydrogen) atoms. The lowest BCUT2D eigenvalue weighted by molar-refractivity contribution is -0.165. The molecule has 4 aliphatic rings. The maximum absolute atomic E-state index is 12.4. The number of rotatable bonds is 3. The number of hydrogen-bond donors (Lipinski definition) is 2. The number of carboxylic acids is 1. The van der Waals surface area contributed by atoms with E-state index in [9.17, 15) is 24.6 Å². The van der Waals surface area contributed by atoms with Crippen LogP contribution in [0.4, 0.5) is 0 Å². The lowest BCUT2D eigenvalue weighted by Crippen LogP contribution is -2.58. The van der Waals surface area contributed by atoms with Crippen LogP contribution in [0.1, 0.15) is 72.1 Å². The van der Waals surface area contributed by atoms with Gasteiger partial charge in [0.25, 0.3) is 0 Å². The van der Waals surface area contributed by atoms with E-state index in [1.807, 2.05) is 0 Å². The number of fused-ring (bicyclic) bond motifs is 5. The van der Waals surface area contributed by atoms with Crippen molar-refractivity contribution in [1.29, 1.82) is 0 Å². The quantitative estimate of drug-likeness (QED) is 0.771. The van der Waals surface area contributed by atoms with Crippen molar-refractivity contribution in [2.75, 3.05) is 0 Å². The van der Waals surface area contributed by atoms with Gasteiger partial charge >= 0.3 is 5.97 Å². The summed E-state index contributed by atoms with van der Waals surface area (Å²) in [5, 5.41) is 20.9. The summed E-state index contributed by atoms with van der Waals surface area (Å²) in [6.45, 7) is 5.80. The first-order chi connectivity index (χ1) is 13.0. The van der Waals surface area contributed by atoms with Crippen molar-refractivity contribution >= 4 is 17.5 Å². The first-order valence-electron chi connectivity index (χ1n) is 10.7. The summed E-state index contributed by atoms with van der Waals surface area (Å²) in [6, 6.07) is 0. The number of Topliss-reactive ketones (excluding diaryl/α,β-unsaturated/α-hetero) is 1. The summed E-state index contributed by atoms with van der Waals surface area (Å²) in [5.74, 6) is -0.186. The van der Waals surface area contributed by atoms with Gasteiger partial charge in [0, 0.05) is 18.3 Å². The minimum atomic E-state index is -1.30. The molecule has 0 spiro atoms. The molecule has 154 valence electrons. The Morgan fingerprint density at radius 2 is 1.82 bits per heavy atom. The maximum Gasteiger partial charge on any atom is 0.303 e. The molecule has 0 aliphatic heterocycles. The zero-order valence-corrected chi connectivity index (χ0v) is 17.2. The molecule has 0 saturated heterocycles. The molecule has 0 amide bonds. The van der Waals surface area contributed by atoms with Crippen LogP contribution in [0.15, 0.2) is 11.6 Å². The summed E-state index contributed by atoms with van der Waals surface area (Å²) < 4.78 is 0. The molecule has 0 aromatic rings. The molecule has 0 heterocycles. The third-order valence-corrected chi connectivity index (χ3v) is 9.31. The molecular formula is C23H32O5. The molecule has 4 aliphatic carbocycles. The average molecular weight is 389 g/mol. The molecule has 3 saturated carbocycles. The highest BCUT2D eigenvalue weighted by Crippen LogP contribution is 2.69. The Labute approximate surface area is 166 Å². The average Bonchev–Trinajstić information content (AvgIpc) is 2.89. The van der Waals surface area contributed by atoms with Gasteiger partial charge in [-0.1, -0.05) is 19.4 Å². The summed E-state index contributed by atoms with van der Waals surface area (Å²) in [4.78, 5) is 36.1. The van der Waals surface area contributed by atoms with Crippen molar-refractivity contribution in [3.63, 3.8) is 0 Å². The number of aliphatic carboxylic acids is 1. The van der Waals surface area contributed by atoms with Crippen molar-refractivity contribution in [3.8, 4) is 0 Å². The number of carbonyl (C=O) groups is 3. The Kier molecular flexibility index (Phi) is 4.42. The number of allylic oxidation sites excluding steroid dienone is 1. The van der Waals surface area contributed by atoms with E-state index in [2.05, 4.69) is 13.8 Å². The van der Waals surface area contributed by atoms with Crippen molar-refractivity contribution in [2.45, 2.75) is 77.7 Å². The van der Waals surface area contributed by atoms with Gasteiger partial charge in [0.1, 0.15) is 5.60 Å². The van der Waals surface area contributed by atoms with Gasteiger partial charge in [0.15, 0.2) is 11.6 Å². The first kappa shape index (κ1) is 19.8. The van der Waals surface area contributed by atoms with Gasteiger partial charge in [-0.2, -0.15) is 0 Å². The van der Waals surface area contributed by atoms with Crippen molar-refractivity contribution < 1.29 is 24.6 Å². The molecule has 0 aromatic carbocycles. The van der Waals surface area contributed by atoms with Gasteiger partial charge in [-0.15, -0.1) is 0 Å². The summed E-state index contributed by atoms with van der Waals surface area (Å²) in [7, 11) is 0. The second-order valence-corrected chi connectivity index (χ2v) is 10.3. The molecule has 4 rings (SSSR count). The van der Waals surface area contributed by atoms with Crippen LogP contribution in [0.5, 0.6) is 0 Å². The minimum Gasteiger partial charge on any atom is -0.481 e. The van der Waals surface area contributed by atoms with E-state index in [4.69, 9.17) is 0 Å². The van der Waals surface area contributed by atoms with E-state index in [-0.39, 0.29) is 41.2 Å². The van der Waals surface area contributed by atoms with Gasteiger partial charge in [-0.25, -0.2) is 0 Å². The van der Waals surface area contributed by atoms with Gasteiger partial charge in [0.2, 0.25) is 0 Å². The molecule has 0 unspecified atom stereocenters. The number of hydrogen-bond acceptors (Lipinski definition) is 4. The predicted molar refractivity (Wildman–Crippen MR) is 103 cm³/mol. The normalized spacial score (nSPS) is 47.6. The van der Waals surface area contributed by atoms with Crippen LogP contribution < -0.4 is 0 Å². The Balaban J connectivity index is 1.78. The van der Waals surface area contributed by atoms with Crippen molar-refractivity contribution in [2.24, 2.45) is 34.5 Å². The lowest BCUT2D eigenvalue weighted by atomic mass is 9.43. The van der Waals surface area contributed by atoms with E-state index in [0.717, 1.165) is 31.3 Å². The van der Waals surface area contributed by atoms with Crippen LogP contribution >= 0.6 is 0 Å². The van der Waals surface area contributed by atoms with Crippen LogP contribution in [-0.2, 0) is 14.4 Å². The molecule has 2 N–H and O–H groups in total. The molecular weight excluding hydrogens is 356 g/mol. The van der Waals surface area contributed by atoms with Crippen LogP contribution in [0.3, 0.4) is 0 Å². The zero-order chi connectivity index (χ0) is 20.5. The molecule has 3 fully saturated rings. The molecule has 0 radical (unpaired) electrons. The smallest absolute Gasteiger partial charge is 0.303 e. The highest BCUT2D eigenvalue weighted by Gasteiger charge is 2.67. The van der Waals surface area contributed by atoms with E-state index >= 15 is 0 Å². The van der Waals surface area contributed by atoms with Crippen LogP contribution in [0, 0.1) is 34.5 Å². The fourth-order valence-electron chi connectivity index (χ4n) is 7.73. The molecule has 0 bridgehead atoms. The molecule has 0 aromatic heterocycles. The second-order valence-electron chi connectivity index (χ2n) is 10.3. The first-order valence-corrected chi connectivity index (χ1v) is 10.7. The molecule has 5 nitrogen and oxygen atoms in total. The van der Waals surface area contributed by atoms with E-state index in [1.54, 1.807) is 6.08 Å². The van der Waals surface area contributed by atoms with Crippen molar-refractivity contribution in [1.82, 2.24) is 0 Å². The third kappa shape index (κ3) is 2.51. The Morgan fingerprint density at radius 1 is 1.14 bits per heavy atom. The summed E-state index contributed by atoms with van der Waals surface area (Å²) in [6.07, 6.45) is 6.85. The lowest BCUT2D eigenvalue weighted by Gasteiger charge is -2.61. The van der Waals surface area contributed by atoms with Crippen LogP contribution in [0.25, 0.3) is 0 Å². The monoisotopic (exact) mass is 388 g/mol. The zero-order valence-electron chi connectivity index (χ0n) is 17.2. The number of carboxylic acid groups (broad SMARTS) is 1. The standard InChI is InChI=1S/C23H32O5/c1-13(24)23(28)9-6-18-20-14(11-19(26)27)10-15-12-16(25)4-7-21(15,2)17(20)5-8-22(18,23)3/h12,14,17-18,20,28H,4-11H2,1-3H3,(H,26,27)/t14-,17-,18-,20+,21-,22-,23-/m0/s1. The van der Waals surface area contributed by atoms with Gasteiger partial charge in [0.05, 0.1) is 0 Å². The highest BCUT2D eigenvalue weighted by molar-refractivity contribution is 5.91. The fourth-order valence-corrected chi connectivity index (χ4v) is 7.73. The fraction of sp³-hybridized carbons (Fsp3) is 0.783. The SMILES string of the molecule is CC(=O)[C@@]1(O)CC[C@H]2[C@@H]3[C@H](CC(=O)O)CC4=CC(=O)CC[C@]4(C)[C@H]3CC[C@@]21C. The maximum atomic E-state index is 12.4. The Morgan fingerprint density at radius 3 is 2.46 bits per heavy atom. The van der Waals surface area contributed by atoms with Gasteiger partial charge in [-0.05, 0) is 80.6 Å². The summed E-state index contributed by atoms with van der Waals surface area (Å²) >= 11 is 0. The van der Waals surface area contributed by atoms with Crippen LogP contribution in [-0.4, -0.2) is 33.3 Å². The summed E-state index contributed by atoms with van der Waals surface area (Å²) in [5.41, 5.74) is -0.708. The number of aliphatic hydroxyl groups is 1. The molecule has 5 heteroatoms. The Hall–Kier alpha value is -1.49. The number of ketones is 2. The highest BCUT2D eigenvalue weighted by atomic mass is 16.4. The largest absolute Gasteiger partial charge is 0.481 e. The third-order valence-electron chi connectivity index (χ3n) is 9.31. The predicted octanol–water partition coefficient (Wildman–Crippen LogP) is 3.54. The minimum absolute atomic E-state index is 0.0355.